The summed E-state index contributed by atoms with van der Waals surface area (Å²) in [5.74, 6) is -0.406. The first kappa shape index (κ1) is 19.5. The van der Waals surface area contributed by atoms with Crippen LogP contribution in [0.3, 0.4) is 0 Å². The van der Waals surface area contributed by atoms with Gasteiger partial charge in [-0.2, -0.15) is 0 Å². The van der Waals surface area contributed by atoms with Crippen LogP contribution in [0.15, 0.2) is 42.5 Å². The molecule has 5 nitrogen and oxygen atoms in total. The van der Waals surface area contributed by atoms with Crippen LogP contribution in [-0.4, -0.2) is 29.6 Å². The van der Waals surface area contributed by atoms with Crippen molar-refractivity contribution in [2.75, 3.05) is 5.32 Å². The summed E-state index contributed by atoms with van der Waals surface area (Å²) in [5.41, 5.74) is 2.16. The van der Waals surface area contributed by atoms with E-state index >= 15 is 0 Å². The van der Waals surface area contributed by atoms with E-state index < -0.39 is 0 Å². The number of nitrogens with two attached hydrogens (primary N) is 1. The first-order valence-electron chi connectivity index (χ1n) is 10.5. The van der Waals surface area contributed by atoms with Gasteiger partial charge in [0, 0.05) is 27.9 Å². The molecule has 0 aliphatic heterocycles. The molecular weight excluding hydrogens is 364 g/mol. The van der Waals surface area contributed by atoms with Crippen molar-refractivity contribution in [3.05, 3.63) is 64.7 Å². The van der Waals surface area contributed by atoms with Crippen molar-refractivity contribution in [3.8, 4) is 0 Å². The highest BCUT2D eigenvalue weighted by molar-refractivity contribution is 6.28. The molecule has 0 bridgehead atoms. The summed E-state index contributed by atoms with van der Waals surface area (Å²) < 4.78 is 0. The van der Waals surface area contributed by atoms with Crippen LogP contribution in [0.5, 0.6) is 0 Å². The van der Waals surface area contributed by atoms with Crippen molar-refractivity contribution < 1.29 is 19.7 Å². The smallest absolute Gasteiger partial charge is 0.282 e. The summed E-state index contributed by atoms with van der Waals surface area (Å²) in [7, 11) is 0. The van der Waals surface area contributed by atoms with Gasteiger partial charge in [-0.25, -0.2) is 0 Å². The maximum atomic E-state index is 12.8. The second kappa shape index (κ2) is 8.29. The quantitative estimate of drug-likeness (QED) is 0.671. The number of fused-ring (bicyclic) bond motifs is 2. The van der Waals surface area contributed by atoms with Crippen molar-refractivity contribution in [1.29, 1.82) is 0 Å². The molecule has 29 heavy (non-hydrogen) atoms. The Morgan fingerprint density at radius 1 is 0.897 bits per heavy atom. The van der Waals surface area contributed by atoms with Crippen LogP contribution in [0.25, 0.3) is 0 Å². The molecule has 2 aliphatic rings. The highest BCUT2D eigenvalue weighted by Crippen LogP contribution is 2.29. The van der Waals surface area contributed by atoms with E-state index in [1.54, 1.807) is 42.5 Å². The molecule has 1 saturated carbocycles. The normalized spacial score (nSPS) is 17.8. The molecule has 2 aliphatic carbocycles. The minimum Gasteiger partial charge on any atom is -0.334 e. The van der Waals surface area contributed by atoms with Crippen molar-refractivity contribution >= 4 is 23.2 Å². The summed E-state index contributed by atoms with van der Waals surface area (Å²) in [6.45, 7) is 1.92. The Bertz CT molecular complexity index is 958. The van der Waals surface area contributed by atoms with Gasteiger partial charge in [0.2, 0.25) is 0 Å². The van der Waals surface area contributed by atoms with E-state index in [1.807, 2.05) is 6.92 Å². The molecule has 0 saturated heterocycles. The number of anilines is 1. The predicted molar refractivity (Wildman–Crippen MR) is 111 cm³/mol. The van der Waals surface area contributed by atoms with Gasteiger partial charge < -0.3 is 10.6 Å². The molecule has 0 radical (unpaired) electrons. The zero-order valence-corrected chi connectivity index (χ0v) is 16.7. The zero-order valence-electron chi connectivity index (χ0n) is 16.7. The first-order valence-corrected chi connectivity index (χ1v) is 10.5. The van der Waals surface area contributed by atoms with Crippen molar-refractivity contribution in [1.82, 2.24) is 0 Å². The average Bonchev–Trinajstić information content (AvgIpc) is 3.00. The fourth-order valence-electron chi connectivity index (χ4n) is 4.43. The van der Waals surface area contributed by atoms with Gasteiger partial charge in [0.1, 0.15) is 0 Å². The van der Waals surface area contributed by atoms with E-state index in [0.717, 1.165) is 12.8 Å². The van der Waals surface area contributed by atoms with Crippen LogP contribution in [0.1, 0.15) is 77.3 Å². The van der Waals surface area contributed by atoms with E-state index in [-0.39, 0.29) is 23.5 Å². The molecule has 2 aromatic rings. The molecule has 1 atom stereocenters. The molecule has 1 amide bonds. The summed E-state index contributed by atoms with van der Waals surface area (Å²) in [5, 5.41) is 5.09. The fraction of sp³-hybridized carbons (Fsp3) is 0.375. The number of carbonyl (C=O) groups excluding carboxylic acids is 3. The molecule has 5 heteroatoms. The largest absolute Gasteiger partial charge is 0.334 e. The topological polar surface area (TPSA) is 79.8 Å². The van der Waals surface area contributed by atoms with Gasteiger partial charge in [0.05, 0.1) is 6.04 Å². The number of hydrogen-bond acceptors (Lipinski definition) is 3. The fourth-order valence-corrected chi connectivity index (χ4v) is 4.43. The van der Waals surface area contributed by atoms with Gasteiger partial charge in [-0.1, -0.05) is 37.1 Å². The predicted octanol–water partition coefficient (Wildman–Crippen LogP) is 3.08. The minimum atomic E-state index is -0.202. The summed E-state index contributed by atoms with van der Waals surface area (Å²) in [6.07, 6.45) is 7.36. The van der Waals surface area contributed by atoms with Crippen LogP contribution in [0.4, 0.5) is 5.69 Å². The van der Waals surface area contributed by atoms with Gasteiger partial charge in [-0.15, -0.1) is 0 Å². The van der Waals surface area contributed by atoms with Gasteiger partial charge in [0.25, 0.3) is 5.91 Å². The number of benzene rings is 2. The van der Waals surface area contributed by atoms with E-state index in [9.17, 15) is 14.4 Å². The van der Waals surface area contributed by atoms with Crippen molar-refractivity contribution in [2.24, 2.45) is 0 Å². The Labute approximate surface area is 170 Å². The molecule has 0 aromatic heterocycles. The monoisotopic (exact) mass is 391 g/mol. The summed E-state index contributed by atoms with van der Waals surface area (Å²) in [4.78, 5) is 38.2. The van der Waals surface area contributed by atoms with Crippen molar-refractivity contribution in [2.45, 2.75) is 57.5 Å². The Balaban J connectivity index is 1.48. The molecule has 3 N–H and O–H groups in total. The number of ketones is 2. The third-order valence-electron chi connectivity index (χ3n) is 6.07. The Morgan fingerprint density at radius 3 is 2.14 bits per heavy atom. The van der Waals surface area contributed by atoms with Crippen LogP contribution in [0.2, 0.25) is 0 Å². The lowest BCUT2D eigenvalue weighted by Crippen LogP contribution is -2.96. The number of rotatable bonds is 4. The first-order chi connectivity index (χ1) is 14.0. The van der Waals surface area contributed by atoms with Crippen LogP contribution in [-0.2, 0) is 4.79 Å². The molecule has 1 fully saturated rings. The second-order valence-electron chi connectivity index (χ2n) is 8.19. The van der Waals surface area contributed by atoms with Crippen LogP contribution < -0.4 is 10.6 Å². The molecule has 4 rings (SSSR count). The third-order valence-corrected chi connectivity index (χ3v) is 6.07. The van der Waals surface area contributed by atoms with E-state index in [2.05, 4.69) is 10.6 Å². The Hall–Kier alpha value is -2.79. The summed E-state index contributed by atoms with van der Waals surface area (Å²) in [6, 6.07) is 12.1. The van der Waals surface area contributed by atoms with Crippen LogP contribution in [0, 0.1) is 0 Å². The van der Waals surface area contributed by atoms with E-state index in [1.165, 1.54) is 25.7 Å². The van der Waals surface area contributed by atoms with Gasteiger partial charge in [-0.05, 0) is 50.8 Å². The van der Waals surface area contributed by atoms with Crippen molar-refractivity contribution in [3.63, 3.8) is 0 Å². The zero-order chi connectivity index (χ0) is 20.4. The van der Waals surface area contributed by atoms with Gasteiger partial charge in [0.15, 0.2) is 17.6 Å². The third kappa shape index (κ3) is 4.01. The number of amides is 1. The summed E-state index contributed by atoms with van der Waals surface area (Å²) >= 11 is 0. The van der Waals surface area contributed by atoms with Gasteiger partial charge >= 0.3 is 0 Å². The maximum absolute atomic E-state index is 12.8. The Kier molecular flexibility index (Phi) is 5.58. The van der Waals surface area contributed by atoms with E-state index in [0.29, 0.717) is 34.0 Å². The van der Waals surface area contributed by atoms with E-state index in [4.69, 9.17) is 0 Å². The molecule has 0 spiro atoms. The standard InChI is InChI=1S/C24H26N2O3/c1-15(25-16-8-4-2-3-5-9-16)24(29)26-17-12-13-20-21(14-17)23(28)19-11-7-6-10-18(19)22(20)27/h6-7,10-16,25H,2-5,8-9H2,1H3,(H,26,29)/p+1/t15-/m1/s1. The average molecular weight is 391 g/mol. The lowest BCUT2D eigenvalue weighted by atomic mass is 9.84. The number of carbonyl (C=O) groups is 3. The highest BCUT2D eigenvalue weighted by Gasteiger charge is 2.30. The molecule has 0 heterocycles. The molecule has 0 unspecified atom stereocenters. The second-order valence-corrected chi connectivity index (χ2v) is 8.19. The highest BCUT2D eigenvalue weighted by atomic mass is 16.2. The number of hydrogen-bond donors (Lipinski definition) is 2. The van der Waals surface area contributed by atoms with Gasteiger partial charge in [-0.3, -0.25) is 14.4 Å². The lowest BCUT2D eigenvalue weighted by molar-refractivity contribution is -0.707. The minimum absolute atomic E-state index is 0.0795. The maximum Gasteiger partial charge on any atom is 0.282 e. The number of quaternary nitrogens is 1. The number of nitrogens with one attached hydrogen (secondary N) is 1. The molecular formula is C24H27N2O3+. The molecule has 2 aromatic carbocycles. The molecule has 150 valence electrons. The SMILES string of the molecule is C[C@@H]([NH2+]C1CCCCCC1)C(=O)Nc1ccc2c(c1)C(=O)c1ccccc1C2=O. The lowest BCUT2D eigenvalue weighted by Gasteiger charge is -2.20. The Morgan fingerprint density at radius 2 is 1.48 bits per heavy atom. The van der Waals surface area contributed by atoms with Crippen LogP contribution >= 0.6 is 0 Å².